The Bertz CT molecular complexity index is 559. The van der Waals surface area contributed by atoms with Crippen molar-refractivity contribution in [1.29, 1.82) is 0 Å². The number of likely N-dealkylation sites (N-methyl/N-ethyl adjacent to an activating group) is 1. The van der Waals surface area contributed by atoms with Crippen LogP contribution in [-0.2, 0) is 13.1 Å². The Labute approximate surface area is 139 Å². The minimum absolute atomic E-state index is 0.699. The smallest absolute Gasteiger partial charge is 0.119 e. The van der Waals surface area contributed by atoms with Crippen molar-refractivity contribution in [3.05, 3.63) is 50.6 Å². The highest BCUT2D eigenvalue weighted by Crippen LogP contribution is 2.21. The van der Waals surface area contributed by atoms with Gasteiger partial charge in [-0.2, -0.15) is 0 Å². The molecule has 0 amide bonds. The van der Waals surface area contributed by atoms with Gasteiger partial charge in [-0.05, 0) is 64.7 Å². The number of hydrogen-bond acceptors (Lipinski definition) is 4. The van der Waals surface area contributed by atoms with E-state index >= 15 is 0 Å². The second-order valence-electron chi connectivity index (χ2n) is 5.02. The molecule has 0 saturated carbocycles. The summed E-state index contributed by atoms with van der Waals surface area (Å²) in [4.78, 5) is 2.27. The van der Waals surface area contributed by atoms with E-state index in [1.54, 1.807) is 11.3 Å². The number of nitrogens with zero attached hydrogens (tertiary/aromatic N) is 1. The molecule has 1 N–H and O–H groups in total. The largest absolute Gasteiger partial charge is 0.492 e. The van der Waals surface area contributed by atoms with Gasteiger partial charge in [0.15, 0.2) is 0 Å². The zero-order valence-electron chi connectivity index (χ0n) is 12.4. The maximum absolute atomic E-state index is 5.83. The first-order chi connectivity index (χ1) is 10.2. The lowest BCUT2D eigenvalue weighted by atomic mass is 10.2. The van der Waals surface area contributed by atoms with Crippen LogP contribution in [0.4, 0.5) is 0 Å². The number of nitrogens with one attached hydrogen (secondary N) is 1. The van der Waals surface area contributed by atoms with Crippen LogP contribution in [0, 0.1) is 0 Å². The molecule has 114 valence electrons. The van der Waals surface area contributed by atoms with Crippen molar-refractivity contribution < 1.29 is 4.74 Å². The molecule has 0 spiro atoms. The van der Waals surface area contributed by atoms with E-state index in [1.807, 2.05) is 19.2 Å². The maximum Gasteiger partial charge on any atom is 0.119 e. The normalized spacial score (nSPS) is 11.0. The number of thiophene rings is 1. The summed E-state index contributed by atoms with van der Waals surface area (Å²) in [6.07, 6.45) is 0. The third kappa shape index (κ3) is 5.79. The van der Waals surface area contributed by atoms with Crippen LogP contribution in [0.2, 0.25) is 0 Å². The number of hydrogen-bond donors (Lipinski definition) is 1. The predicted molar refractivity (Wildman–Crippen MR) is 93.1 cm³/mol. The summed E-state index contributed by atoms with van der Waals surface area (Å²) in [5.41, 5.74) is 2.58. The zero-order chi connectivity index (χ0) is 15.1. The molecule has 1 aromatic carbocycles. The van der Waals surface area contributed by atoms with E-state index < -0.39 is 0 Å². The quantitative estimate of drug-likeness (QED) is 0.767. The number of halogens is 1. The van der Waals surface area contributed by atoms with Crippen LogP contribution in [0.15, 0.2) is 39.5 Å². The minimum Gasteiger partial charge on any atom is -0.492 e. The van der Waals surface area contributed by atoms with Gasteiger partial charge in [-0.3, -0.25) is 4.90 Å². The fourth-order valence-corrected chi connectivity index (χ4v) is 3.29. The Morgan fingerprint density at radius 3 is 2.86 bits per heavy atom. The number of rotatable bonds is 8. The Morgan fingerprint density at radius 2 is 2.14 bits per heavy atom. The van der Waals surface area contributed by atoms with Crippen LogP contribution in [0.3, 0.4) is 0 Å². The van der Waals surface area contributed by atoms with Crippen LogP contribution in [0.1, 0.15) is 11.1 Å². The average Bonchev–Trinajstić information content (AvgIpc) is 2.85. The maximum atomic E-state index is 5.83. The highest BCUT2D eigenvalue weighted by Gasteiger charge is 2.03. The highest BCUT2D eigenvalue weighted by atomic mass is 79.9. The summed E-state index contributed by atoms with van der Waals surface area (Å²) in [5, 5.41) is 5.33. The van der Waals surface area contributed by atoms with E-state index in [1.165, 1.54) is 14.9 Å². The molecule has 3 nitrogen and oxygen atoms in total. The van der Waals surface area contributed by atoms with Crippen LogP contribution in [0.25, 0.3) is 0 Å². The van der Waals surface area contributed by atoms with Crippen molar-refractivity contribution in [2.45, 2.75) is 13.1 Å². The molecule has 1 aromatic heterocycles. The Hall–Kier alpha value is -0.880. The van der Waals surface area contributed by atoms with Gasteiger partial charge in [0.2, 0.25) is 0 Å². The Balaban J connectivity index is 1.74. The van der Waals surface area contributed by atoms with Gasteiger partial charge >= 0.3 is 0 Å². The van der Waals surface area contributed by atoms with Gasteiger partial charge in [0.05, 0.1) is 3.79 Å². The SMILES string of the molecule is CNCc1cccc(OCCN(C)Cc2csc(Br)c2)c1. The van der Waals surface area contributed by atoms with Crippen LogP contribution in [-0.4, -0.2) is 32.1 Å². The van der Waals surface area contributed by atoms with Gasteiger partial charge < -0.3 is 10.1 Å². The summed E-state index contributed by atoms with van der Waals surface area (Å²) in [6, 6.07) is 10.4. The molecule has 0 bridgehead atoms. The lowest BCUT2D eigenvalue weighted by Crippen LogP contribution is -2.23. The first kappa shape index (κ1) is 16.5. The molecule has 1 heterocycles. The van der Waals surface area contributed by atoms with Crippen LogP contribution in [0.5, 0.6) is 5.75 Å². The van der Waals surface area contributed by atoms with E-state index in [9.17, 15) is 0 Å². The van der Waals surface area contributed by atoms with Gasteiger partial charge in [-0.1, -0.05) is 12.1 Å². The molecule has 21 heavy (non-hydrogen) atoms. The summed E-state index contributed by atoms with van der Waals surface area (Å²) in [5.74, 6) is 0.939. The molecule has 0 radical (unpaired) electrons. The molecule has 0 fully saturated rings. The second-order valence-corrected chi connectivity index (χ2v) is 7.31. The molecule has 0 saturated heterocycles. The monoisotopic (exact) mass is 368 g/mol. The summed E-state index contributed by atoms with van der Waals surface area (Å²) < 4.78 is 7.01. The molecule has 0 aliphatic carbocycles. The highest BCUT2D eigenvalue weighted by molar-refractivity contribution is 9.11. The van der Waals surface area contributed by atoms with Gasteiger partial charge in [-0.15, -0.1) is 11.3 Å². The third-order valence-corrected chi connectivity index (χ3v) is 4.65. The van der Waals surface area contributed by atoms with E-state index in [0.29, 0.717) is 6.61 Å². The standard InChI is InChI=1S/C16H21BrN2OS/c1-18-10-13-4-3-5-15(8-13)20-7-6-19(2)11-14-9-16(17)21-12-14/h3-5,8-9,12,18H,6-7,10-11H2,1-2H3. The zero-order valence-corrected chi connectivity index (χ0v) is 14.8. The second kappa shape index (κ2) is 8.54. The fourth-order valence-electron chi connectivity index (χ4n) is 2.09. The van der Waals surface area contributed by atoms with Crippen molar-refractivity contribution in [3.63, 3.8) is 0 Å². The number of ether oxygens (including phenoxy) is 1. The lowest BCUT2D eigenvalue weighted by molar-refractivity contribution is 0.233. The van der Waals surface area contributed by atoms with E-state index in [-0.39, 0.29) is 0 Å². The summed E-state index contributed by atoms with van der Waals surface area (Å²) in [7, 11) is 4.07. The van der Waals surface area contributed by atoms with Crippen molar-refractivity contribution in [1.82, 2.24) is 10.2 Å². The average molecular weight is 369 g/mol. The van der Waals surface area contributed by atoms with E-state index in [0.717, 1.165) is 25.4 Å². The van der Waals surface area contributed by atoms with Gasteiger partial charge in [0.1, 0.15) is 12.4 Å². The van der Waals surface area contributed by atoms with Gasteiger partial charge in [-0.25, -0.2) is 0 Å². The molecule has 0 unspecified atom stereocenters. The first-order valence-corrected chi connectivity index (χ1v) is 8.62. The molecular formula is C16H21BrN2OS. The van der Waals surface area contributed by atoms with Crippen molar-refractivity contribution in [2.75, 3.05) is 27.2 Å². The first-order valence-electron chi connectivity index (χ1n) is 6.95. The molecule has 5 heteroatoms. The van der Waals surface area contributed by atoms with Gasteiger partial charge in [0, 0.05) is 19.6 Å². The Morgan fingerprint density at radius 1 is 1.29 bits per heavy atom. The van der Waals surface area contributed by atoms with Gasteiger partial charge in [0.25, 0.3) is 0 Å². The van der Waals surface area contributed by atoms with E-state index in [4.69, 9.17) is 4.74 Å². The summed E-state index contributed by atoms with van der Waals surface area (Å²) >= 11 is 5.22. The Kier molecular flexibility index (Phi) is 6.70. The molecule has 0 atom stereocenters. The topological polar surface area (TPSA) is 24.5 Å². The fraction of sp³-hybridized carbons (Fsp3) is 0.375. The molecule has 0 aliphatic rings. The minimum atomic E-state index is 0.699. The van der Waals surface area contributed by atoms with Crippen molar-refractivity contribution >= 4 is 27.3 Å². The predicted octanol–water partition coefficient (Wildman–Crippen LogP) is 3.74. The lowest BCUT2D eigenvalue weighted by Gasteiger charge is -2.16. The molecule has 2 aromatic rings. The molecule has 2 rings (SSSR count). The van der Waals surface area contributed by atoms with E-state index in [2.05, 4.69) is 56.8 Å². The molecular weight excluding hydrogens is 348 g/mol. The van der Waals surface area contributed by atoms with Crippen molar-refractivity contribution in [2.24, 2.45) is 0 Å². The third-order valence-electron chi connectivity index (χ3n) is 3.10. The van der Waals surface area contributed by atoms with Crippen LogP contribution < -0.4 is 10.1 Å². The number of benzene rings is 1. The van der Waals surface area contributed by atoms with Crippen LogP contribution >= 0.6 is 27.3 Å². The van der Waals surface area contributed by atoms with Crippen molar-refractivity contribution in [3.8, 4) is 5.75 Å². The molecule has 0 aliphatic heterocycles. The summed E-state index contributed by atoms with van der Waals surface area (Å²) in [6.45, 7) is 3.42.